The molecule has 0 radical (unpaired) electrons. The van der Waals surface area contributed by atoms with E-state index in [-0.39, 0.29) is 0 Å². The molecule has 0 aromatic heterocycles. The third-order valence-electron chi connectivity index (χ3n) is 3.64. The lowest BCUT2D eigenvalue weighted by atomic mass is 10.0. The number of para-hydroxylation sites is 1. The van der Waals surface area contributed by atoms with Gasteiger partial charge in [-0.25, -0.2) is 4.79 Å². The lowest BCUT2D eigenvalue weighted by molar-refractivity contribution is 0.0699. The molecule has 0 unspecified atom stereocenters. The van der Waals surface area contributed by atoms with Crippen molar-refractivity contribution in [3.63, 3.8) is 0 Å². The molecular formula is C18H15NO2. The summed E-state index contributed by atoms with van der Waals surface area (Å²) >= 11 is 0. The number of carboxylic acid groups (broad SMARTS) is 1. The van der Waals surface area contributed by atoms with Crippen LogP contribution in [0.15, 0.2) is 66.7 Å². The molecule has 1 N–H and O–H groups in total. The predicted molar refractivity (Wildman–Crippen MR) is 85.4 cm³/mol. The van der Waals surface area contributed by atoms with Crippen LogP contribution in [0.3, 0.4) is 0 Å². The summed E-state index contributed by atoms with van der Waals surface area (Å²) in [4.78, 5) is 13.4. The quantitative estimate of drug-likeness (QED) is 0.775. The first-order chi connectivity index (χ1) is 10.2. The second kappa shape index (κ2) is 5.29. The largest absolute Gasteiger partial charge is 0.478 e. The van der Waals surface area contributed by atoms with E-state index in [4.69, 9.17) is 0 Å². The van der Waals surface area contributed by atoms with E-state index >= 15 is 0 Å². The average Bonchev–Trinajstić information content (AvgIpc) is 2.54. The number of hydrogen-bond acceptors (Lipinski definition) is 2. The van der Waals surface area contributed by atoms with Crippen LogP contribution in [-0.2, 0) is 0 Å². The molecule has 3 aromatic carbocycles. The molecule has 0 heterocycles. The maximum Gasteiger partial charge on any atom is 0.336 e. The molecule has 0 aliphatic heterocycles. The molecule has 0 amide bonds. The Bertz CT molecular complexity index is 797. The van der Waals surface area contributed by atoms with Crippen LogP contribution in [-0.4, -0.2) is 18.1 Å². The van der Waals surface area contributed by atoms with Crippen molar-refractivity contribution in [2.75, 3.05) is 11.9 Å². The molecule has 3 aromatic rings. The minimum atomic E-state index is -0.903. The molecular weight excluding hydrogens is 262 g/mol. The van der Waals surface area contributed by atoms with Crippen molar-refractivity contribution in [3.05, 3.63) is 72.3 Å². The molecule has 0 spiro atoms. The number of rotatable bonds is 3. The second-order valence-electron chi connectivity index (χ2n) is 4.88. The molecule has 0 fully saturated rings. The summed E-state index contributed by atoms with van der Waals surface area (Å²) in [7, 11) is 1.98. The van der Waals surface area contributed by atoms with Gasteiger partial charge in [0.1, 0.15) is 0 Å². The van der Waals surface area contributed by atoms with Gasteiger partial charge in [0.2, 0.25) is 0 Å². The lowest BCUT2D eigenvalue weighted by Gasteiger charge is -2.22. The van der Waals surface area contributed by atoms with Gasteiger partial charge in [-0.05, 0) is 29.7 Å². The summed E-state index contributed by atoms with van der Waals surface area (Å²) in [6.07, 6.45) is 0. The number of fused-ring (bicyclic) bond motifs is 1. The van der Waals surface area contributed by atoms with E-state index in [9.17, 15) is 9.90 Å². The average molecular weight is 277 g/mol. The monoisotopic (exact) mass is 277 g/mol. The van der Waals surface area contributed by atoms with E-state index in [1.165, 1.54) is 0 Å². The Labute approximate surface area is 123 Å². The van der Waals surface area contributed by atoms with Crippen molar-refractivity contribution in [2.24, 2.45) is 0 Å². The van der Waals surface area contributed by atoms with E-state index in [0.29, 0.717) is 5.56 Å². The third kappa shape index (κ3) is 2.34. The van der Waals surface area contributed by atoms with Gasteiger partial charge in [0.15, 0.2) is 0 Å². The van der Waals surface area contributed by atoms with Crippen LogP contribution in [0.25, 0.3) is 10.8 Å². The number of nitrogens with zero attached hydrogens (tertiary/aromatic N) is 1. The fraction of sp³-hybridized carbons (Fsp3) is 0.0556. The molecule has 3 rings (SSSR count). The fourth-order valence-electron chi connectivity index (χ4n) is 2.55. The van der Waals surface area contributed by atoms with Crippen LogP contribution in [0, 0.1) is 0 Å². The number of anilines is 2. The zero-order valence-corrected chi connectivity index (χ0v) is 11.7. The van der Waals surface area contributed by atoms with Crippen molar-refractivity contribution in [2.45, 2.75) is 0 Å². The fourth-order valence-corrected chi connectivity index (χ4v) is 2.55. The molecule has 104 valence electrons. The smallest absolute Gasteiger partial charge is 0.336 e. The molecule has 21 heavy (non-hydrogen) atoms. The van der Waals surface area contributed by atoms with Gasteiger partial charge in [-0.15, -0.1) is 0 Å². The maximum absolute atomic E-state index is 11.4. The molecule has 0 aliphatic carbocycles. The maximum atomic E-state index is 11.4. The van der Waals surface area contributed by atoms with E-state index in [0.717, 1.165) is 22.1 Å². The zero-order valence-electron chi connectivity index (χ0n) is 11.7. The van der Waals surface area contributed by atoms with Crippen LogP contribution >= 0.6 is 0 Å². The molecule has 0 saturated heterocycles. The lowest BCUT2D eigenvalue weighted by Crippen LogP contribution is -2.10. The summed E-state index contributed by atoms with van der Waals surface area (Å²) in [5.41, 5.74) is 2.38. The first-order valence-corrected chi connectivity index (χ1v) is 6.72. The number of benzene rings is 3. The minimum Gasteiger partial charge on any atom is -0.478 e. The van der Waals surface area contributed by atoms with Crippen LogP contribution < -0.4 is 4.90 Å². The Morgan fingerprint density at radius 2 is 1.48 bits per heavy atom. The van der Waals surface area contributed by atoms with Crippen molar-refractivity contribution >= 4 is 28.1 Å². The molecule has 0 atom stereocenters. The van der Waals surface area contributed by atoms with Crippen molar-refractivity contribution < 1.29 is 9.90 Å². The second-order valence-corrected chi connectivity index (χ2v) is 4.88. The topological polar surface area (TPSA) is 40.5 Å². The standard InChI is InChI=1S/C18H15NO2/c1-19(13-7-3-2-4-8-13)17-12-11-16(18(20)21)14-9-5-6-10-15(14)17/h2-12H,1H3,(H,20,21). The van der Waals surface area contributed by atoms with Crippen LogP contribution in [0.4, 0.5) is 11.4 Å². The molecule has 3 nitrogen and oxygen atoms in total. The van der Waals surface area contributed by atoms with Crippen molar-refractivity contribution in [3.8, 4) is 0 Å². The van der Waals surface area contributed by atoms with Crippen molar-refractivity contribution in [1.29, 1.82) is 0 Å². The summed E-state index contributed by atoms with van der Waals surface area (Å²) in [6.45, 7) is 0. The number of carbonyl (C=O) groups is 1. The number of hydrogen-bond donors (Lipinski definition) is 1. The Morgan fingerprint density at radius 3 is 2.14 bits per heavy atom. The van der Waals surface area contributed by atoms with Gasteiger partial charge in [0, 0.05) is 23.8 Å². The number of carboxylic acids is 1. The van der Waals surface area contributed by atoms with Gasteiger partial charge >= 0.3 is 5.97 Å². The van der Waals surface area contributed by atoms with Gasteiger partial charge in [-0.2, -0.15) is 0 Å². The van der Waals surface area contributed by atoms with Crippen LogP contribution in [0.2, 0.25) is 0 Å². The van der Waals surface area contributed by atoms with Gasteiger partial charge in [-0.1, -0.05) is 42.5 Å². The first-order valence-electron chi connectivity index (χ1n) is 6.72. The van der Waals surface area contributed by atoms with E-state index in [1.807, 2.05) is 67.7 Å². The number of aromatic carboxylic acids is 1. The molecule has 3 heteroatoms. The Morgan fingerprint density at radius 1 is 0.857 bits per heavy atom. The molecule has 0 saturated carbocycles. The van der Waals surface area contributed by atoms with Crippen molar-refractivity contribution in [1.82, 2.24) is 0 Å². The van der Waals surface area contributed by atoms with Gasteiger partial charge in [0.05, 0.1) is 5.56 Å². The van der Waals surface area contributed by atoms with Gasteiger partial charge in [0.25, 0.3) is 0 Å². The van der Waals surface area contributed by atoms with Gasteiger partial charge < -0.3 is 10.0 Å². The highest BCUT2D eigenvalue weighted by molar-refractivity contribution is 6.08. The Balaban J connectivity index is 2.21. The summed E-state index contributed by atoms with van der Waals surface area (Å²) in [5, 5.41) is 11.0. The first kappa shape index (κ1) is 13.2. The molecule has 0 bridgehead atoms. The Kier molecular flexibility index (Phi) is 3.32. The molecule has 0 aliphatic rings. The zero-order chi connectivity index (χ0) is 14.8. The highest BCUT2D eigenvalue weighted by atomic mass is 16.4. The SMILES string of the molecule is CN(c1ccccc1)c1ccc(C(=O)O)c2ccccc12. The van der Waals surface area contributed by atoms with Crippen LogP contribution in [0.1, 0.15) is 10.4 Å². The highest BCUT2D eigenvalue weighted by Gasteiger charge is 2.13. The third-order valence-corrected chi connectivity index (χ3v) is 3.64. The Hall–Kier alpha value is -2.81. The summed E-state index contributed by atoms with van der Waals surface area (Å²) in [5.74, 6) is -0.903. The normalized spacial score (nSPS) is 10.5. The predicted octanol–water partition coefficient (Wildman–Crippen LogP) is 4.31. The summed E-state index contributed by atoms with van der Waals surface area (Å²) < 4.78 is 0. The van der Waals surface area contributed by atoms with Gasteiger partial charge in [-0.3, -0.25) is 0 Å². The van der Waals surface area contributed by atoms with Crippen LogP contribution in [0.5, 0.6) is 0 Å². The highest BCUT2D eigenvalue weighted by Crippen LogP contribution is 2.32. The minimum absolute atomic E-state index is 0.329. The van der Waals surface area contributed by atoms with E-state index < -0.39 is 5.97 Å². The van der Waals surface area contributed by atoms with E-state index in [2.05, 4.69) is 4.90 Å². The summed E-state index contributed by atoms with van der Waals surface area (Å²) in [6, 6.07) is 21.1. The van der Waals surface area contributed by atoms with E-state index in [1.54, 1.807) is 6.07 Å².